The largest absolute Gasteiger partial charge is 0.416 e. The lowest BCUT2D eigenvalue weighted by Gasteiger charge is -2.17. The molecule has 0 saturated heterocycles. The molecule has 0 aliphatic carbocycles. The van der Waals surface area contributed by atoms with E-state index in [1.165, 1.54) is 7.05 Å². The first kappa shape index (κ1) is 16.9. The number of hydrogen-bond donors (Lipinski definition) is 1. The van der Waals surface area contributed by atoms with Crippen LogP contribution in [0.25, 0.3) is 0 Å². The molecule has 0 unspecified atom stereocenters. The summed E-state index contributed by atoms with van der Waals surface area (Å²) in [7, 11) is 1.21. The van der Waals surface area contributed by atoms with Gasteiger partial charge in [-0.1, -0.05) is 0 Å². The van der Waals surface area contributed by atoms with Crippen molar-refractivity contribution in [3.05, 3.63) is 35.1 Å². The number of amides is 2. The maximum atomic E-state index is 13.5. The van der Waals surface area contributed by atoms with Gasteiger partial charge in [-0.2, -0.15) is 13.2 Å². The third-order valence-corrected chi connectivity index (χ3v) is 2.63. The van der Waals surface area contributed by atoms with Crippen molar-refractivity contribution in [2.45, 2.75) is 13.1 Å². The Hall–Kier alpha value is -2.12. The Balaban J connectivity index is 2.98. The maximum absolute atomic E-state index is 13.5. The predicted octanol–water partition coefficient (Wildman–Crippen LogP) is 2.05. The summed E-state index contributed by atoms with van der Waals surface area (Å²) in [4.78, 5) is 24.1. The number of nitrogens with one attached hydrogen (secondary N) is 1. The number of alkyl halides is 3. The maximum Gasteiger partial charge on any atom is 0.416 e. The summed E-state index contributed by atoms with van der Waals surface area (Å²) in [5.41, 5.74) is -1.85. The number of nitrogens with zero attached hydrogens (tertiary/aromatic N) is 1. The van der Waals surface area contributed by atoms with Crippen LogP contribution in [0.2, 0.25) is 0 Å². The minimum atomic E-state index is -4.68. The molecule has 8 heteroatoms. The molecule has 4 nitrogen and oxygen atoms in total. The van der Waals surface area contributed by atoms with Crippen LogP contribution in [0.4, 0.5) is 17.6 Å². The average molecular weight is 306 g/mol. The summed E-state index contributed by atoms with van der Waals surface area (Å²) in [6, 6.07) is 1.57. The van der Waals surface area contributed by atoms with E-state index in [-0.39, 0.29) is 6.54 Å². The van der Waals surface area contributed by atoms with Crippen LogP contribution in [0.5, 0.6) is 0 Å². The summed E-state index contributed by atoms with van der Waals surface area (Å²) in [5, 5.41) is 2.43. The number of rotatable bonds is 4. The van der Waals surface area contributed by atoms with E-state index < -0.39 is 34.9 Å². The second kappa shape index (κ2) is 6.55. The van der Waals surface area contributed by atoms with Crippen LogP contribution >= 0.6 is 0 Å². The minimum absolute atomic E-state index is 0.346. The molecule has 2 amide bonds. The molecule has 21 heavy (non-hydrogen) atoms. The van der Waals surface area contributed by atoms with Gasteiger partial charge in [-0.25, -0.2) is 4.39 Å². The molecule has 116 valence electrons. The van der Waals surface area contributed by atoms with E-state index in [2.05, 4.69) is 5.32 Å². The van der Waals surface area contributed by atoms with Crippen molar-refractivity contribution in [1.29, 1.82) is 0 Å². The van der Waals surface area contributed by atoms with Crippen molar-refractivity contribution in [3.63, 3.8) is 0 Å². The molecule has 0 atom stereocenters. The second-order valence-electron chi connectivity index (χ2n) is 4.31. The van der Waals surface area contributed by atoms with Gasteiger partial charge in [0.2, 0.25) is 5.91 Å². The fourth-order valence-electron chi connectivity index (χ4n) is 1.61. The highest BCUT2D eigenvalue weighted by atomic mass is 19.4. The highest BCUT2D eigenvalue weighted by Gasteiger charge is 2.32. The van der Waals surface area contributed by atoms with Crippen LogP contribution in [-0.4, -0.2) is 36.9 Å². The zero-order valence-corrected chi connectivity index (χ0v) is 11.4. The van der Waals surface area contributed by atoms with Gasteiger partial charge in [0.25, 0.3) is 5.91 Å². The molecule has 1 N–H and O–H groups in total. The molecular weight excluding hydrogens is 292 g/mol. The molecule has 1 rings (SSSR count). The number of likely N-dealkylation sites (N-methyl/N-ethyl adjacent to an activating group) is 2. The third kappa shape index (κ3) is 4.44. The van der Waals surface area contributed by atoms with Crippen molar-refractivity contribution in [3.8, 4) is 0 Å². The summed E-state index contributed by atoms with van der Waals surface area (Å²) in [6.45, 7) is 1.65. The van der Waals surface area contributed by atoms with Gasteiger partial charge in [0, 0.05) is 13.6 Å². The van der Waals surface area contributed by atoms with Gasteiger partial charge in [0.1, 0.15) is 5.82 Å². The van der Waals surface area contributed by atoms with Gasteiger partial charge < -0.3 is 10.2 Å². The van der Waals surface area contributed by atoms with Crippen molar-refractivity contribution in [2.75, 3.05) is 20.1 Å². The SMILES string of the molecule is CCNC(=O)CN(C)C(=O)c1cc(C(F)(F)F)ccc1F. The lowest BCUT2D eigenvalue weighted by atomic mass is 10.1. The first-order chi connectivity index (χ1) is 9.66. The average Bonchev–Trinajstić information content (AvgIpc) is 2.37. The van der Waals surface area contributed by atoms with E-state index in [9.17, 15) is 27.2 Å². The zero-order valence-electron chi connectivity index (χ0n) is 11.4. The monoisotopic (exact) mass is 306 g/mol. The molecule has 0 bridgehead atoms. The van der Waals surface area contributed by atoms with E-state index in [4.69, 9.17) is 0 Å². The molecule has 0 aliphatic heterocycles. The van der Waals surface area contributed by atoms with Crippen LogP contribution in [0.1, 0.15) is 22.8 Å². The van der Waals surface area contributed by atoms with Crippen molar-refractivity contribution >= 4 is 11.8 Å². The Morgan fingerprint density at radius 2 is 1.90 bits per heavy atom. The summed E-state index contributed by atoms with van der Waals surface area (Å²) in [5.74, 6) is -2.55. The molecule has 1 aromatic rings. The van der Waals surface area contributed by atoms with E-state index in [1.807, 2.05) is 0 Å². The Bertz CT molecular complexity index is 543. The number of halogens is 4. The zero-order chi connectivity index (χ0) is 16.2. The van der Waals surface area contributed by atoms with Crippen molar-refractivity contribution < 1.29 is 27.2 Å². The van der Waals surface area contributed by atoms with Gasteiger partial charge in [-0.05, 0) is 25.1 Å². The van der Waals surface area contributed by atoms with Gasteiger partial charge in [-0.15, -0.1) is 0 Å². The van der Waals surface area contributed by atoms with E-state index >= 15 is 0 Å². The Morgan fingerprint density at radius 3 is 2.43 bits per heavy atom. The number of hydrogen-bond acceptors (Lipinski definition) is 2. The molecule has 0 spiro atoms. The van der Waals surface area contributed by atoms with Gasteiger partial charge in [-0.3, -0.25) is 9.59 Å². The smallest absolute Gasteiger partial charge is 0.355 e. The molecule has 0 fully saturated rings. The lowest BCUT2D eigenvalue weighted by molar-refractivity contribution is -0.137. The highest BCUT2D eigenvalue weighted by molar-refractivity contribution is 5.96. The first-order valence-electron chi connectivity index (χ1n) is 6.05. The van der Waals surface area contributed by atoms with Crippen LogP contribution < -0.4 is 5.32 Å². The third-order valence-electron chi connectivity index (χ3n) is 2.63. The first-order valence-corrected chi connectivity index (χ1v) is 6.05. The normalized spacial score (nSPS) is 11.1. The molecule has 1 aromatic carbocycles. The molecule has 0 saturated carbocycles. The lowest BCUT2D eigenvalue weighted by Crippen LogP contribution is -2.38. The Morgan fingerprint density at radius 1 is 1.29 bits per heavy atom. The van der Waals surface area contributed by atoms with Gasteiger partial charge in [0.05, 0.1) is 17.7 Å². The van der Waals surface area contributed by atoms with E-state index in [0.29, 0.717) is 24.7 Å². The number of carbonyl (C=O) groups is 2. The molecule has 0 radical (unpaired) electrons. The van der Waals surface area contributed by atoms with Crippen LogP contribution in [-0.2, 0) is 11.0 Å². The Labute approximate surface area is 118 Å². The summed E-state index contributed by atoms with van der Waals surface area (Å²) >= 11 is 0. The summed E-state index contributed by atoms with van der Waals surface area (Å²) in [6.07, 6.45) is -4.68. The van der Waals surface area contributed by atoms with E-state index in [1.54, 1.807) is 6.92 Å². The fourth-order valence-corrected chi connectivity index (χ4v) is 1.61. The van der Waals surface area contributed by atoms with Crippen LogP contribution in [0.15, 0.2) is 18.2 Å². The summed E-state index contributed by atoms with van der Waals surface area (Å²) < 4.78 is 51.2. The van der Waals surface area contributed by atoms with Crippen LogP contribution in [0, 0.1) is 5.82 Å². The van der Waals surface area contributed by atoms with E-state index in [0.717, 1.165) is 4.90 Å². The van der Waals surface area contributed by atoms with Crippen molar-refractivity contribution in [1.82, 2.24) is 10.2 Å². The number of carbonyl (C=O) groups excluding carboxylic acids is 2. The molecule has 0 aliphatic rings. The standard InChI is InChI=1S/C13H14F4N2O2/c1-3-18-11(20)7-19(2)12(21)9-6-8(13(15,16)17)4-5-10(9)14/h4-6H,3,7H2,1-2H3,(H,18,20). The molecular formula is C13H14F4N2O2. The fraction of sp³-hybridized carbons (Fsp3) is 0.385. The minimum Gasteiger partial charge on any atom is -0.355 e. The molecule has 0 aromatic heterocycles. The highest BCUT2D eigenvalue weighted by Crippen LogP contribution is 2.30. The predicted molar refractivity (Wildman–Crippen MR) is 67.0 cm³/mol. The Kier molecular flexibility index (Phi) is 5.28. The quantitative estimate of drug-likeness (QED) is 0.866. The topological polar surface area (TPSA) is 49.4 Å². The van der Waals surface area contributed by atoms with Gasteiger partial charge in [0.15, 0.2) is 0 Å². The second-order valence-corrected chi connectivity index (χ2v) is 4.31. The number of benzene rings is 1. The van der Waals surface area contributed by atoms with Crippen LogP contribution in [0.3, 0.4) is 0 Å². The molecule has 0 heterocycles. The van der Waals surface area contributed by atoms with Gasteiger partial charge >= 0.3 is 6.18 Å². The van der Waals surface area contributed by atoms with Crippen molar-refractivity contribution in [2.24, 2.45) is 0 Å².